The molecule has 124 valence electrons. The summed E-state index contributed by atoms with van der Waals surface area (Å²) in [6, 6.07) is 4.66. The molecular weight excluding hydrogens is 296 g/mol. The Labute approximate surface area is 138 Å². The summed E-state index contributed by atoms with van der Waals surface area (Å²) in [5, 5.41) is 5.64. The molecule has 5 nitrogen and oxygen atoms in total. The Hall–Kier alpha value is -1.11. The van der Waals surface area contributed by atoms with E-state index in [1.807, 2.05) is 7.05 Å². The highest BCUT2D eigenvalue weighted by atomic mass is 32.1. The monoisotopic (exact) mass is 324 g/mol. The molecule has 1 aromatic heterocycles. The van der Waals surface area contributed by atoms with Gasteiger partial charge in [-0.25, -0.2) is 0 Å². The Bertz CT molecular complexity index is 455. The van der Waals surface area contributed by atoms with Gasteiger partial charge >= 0.3 is 0 Å². The molecule has 0 spiro atoms. The van der Waals surface area contributed by atoms with Crippen LogP contribution in [0.2, 0.25) is 0 Å². The van der Waals surface area contributed by atoms with E-state index >= 15 is 0 Å². The Balaban J connectivity index is 1.88. The van der Waals surface area contributed by atoms with Crippen molar-refractivity contribution in [3.63, 3.8) is 0 Å². The van der Waals surface area contributed by atoms with Gasteiger partial charge in [0.2, 0.25) is 0 Å². The largest absolute Gasteiger partial charge is 0.381 e. The Kier molecular flexibility index (Phi) is 6.67. The van der Waals surface area contributed by atoms with Crippen molar-refractivity contribution in [3.8, 4) is 0 Å². The normalized spacial score (nSPS) is 20.4. The quantitative estimate of drug-likeness (QED) is 0.641. The Morgan fingerprint density at radius 2 is 2.32 bits per heavy atom. The highest BCUT2D eigenvalue weighted by molar-refractivity contribution is 7.10. The van der Waals surface area contributed by atoms with Crippen molar-refractivity contribution in [3.05, 3.63) is 22.4 Å². The number of guanidine groups is 1. The van der Waals surface area contributed by atoms with Crippen LogP contribution in [0, 0.1) is 5.92 Å². The summed E-state index contributed by atoms with van der Waals surface area (Å²) in [6.45, 7) is 3.61. The minimum absolute atomic E-state index is 0.361. The first-order valence-electron chi connectivity index (χ1n) is 7.81. The third-order valence-corrected chi connectivity index (χ3v) is 5.05. The van der Waals surface area contributed by atoms with E-state index < -0.39 is 0 Å². The molecule has 1 fully saturated rings. The number of hydrogen-bond acceptors (Lipinski definition) is 4. The molecule has 22 heavy (non-hydrogen) atoms. The van der Waals surface area contributed by atoms with Gasteiger partial charge in [-0.1, -0.05) is 6.07 Å². The van der Waals surface area contributed by atoms with Gasteiger partial charge in [-0.2, -0.15) is 0 Å². The molecular formula is C16H28N4OS. The minimum atomic E-state index is 0.361. The lowest BCUT2D eigenvalue weighted by Crippen LogP contribution is -2.44. The molecule has 1 saturated heterocycles. The minimum Gasteiger partial charge on any atom is -0.381 e. The zero-order chi connectivity index (χ0) is 15.9. The van der Waals surface area contributed by atoms with Crippen LogP contribution in [0.4, 0.5) is 0 Å². The van der Waals surface area contributed by atoms with Crippen LogP contribution in [0.1, 0.15) is 17.3 Å². The second-order valence-corrected chi connectivity index (χ2v) is 7.01. The van der Waals surface area contributed by atoms with Gasteiger partial charge in [-0.05, 0) is 32.0 Å². The lowest BCUT2D eigenvalue weighted by molar-refractivity contribution is 0.181. The predicted molar refractivity (Wildman–Crippen MR) is 93.7 cm³/mol. The van der Waals surface area contributed by atoms with E-state index in [0.717, 1.165) is 38.7 Å². The molecule has 1 aliphatic rings. The van der Waals surface area contributed by atoms with Gasteiger partial charge in [0.25, 0.3) is 0 Å². The molecule has 2 unspecified atom stereocenters. The van der Waals surface area contributed by atoms with Gasteiger partial charge in [0.15, 0.2) is 5.96 Å². The van der Waals surface area contributed by atoms with Crippen molar-refractivity contribution in [2.75, 3.05) is 54.5 Å². The zero-order valence-corrected chi connectivity index (χ0v) is 14.9. The molecule has 2 rings (SSSR count). The SMILES string of the molecule is CN=C(NCC(c1cccs1)N(C)C)N(C)CC1CCOC1. The first-order valence-corrected chi connectivity index (χ1v) is 8.69. The summed E-state index contributed by atoms with van der Waals surface area (Å²) >= 11 is 1.80. The van der Waals surface area contributed by atoms with Gasteiger partial charge in [0, 0.05) is 44.6 Å². The van der Waals surface area contributed by atoms with E-state index in [0.29, 0.717) is 12.0 Å². The number of nitrogens with zero attached hydrogens (tertiary/aromatic N) is 3. The summed E-state index contributed by atoms with van der Waals surface area (Å²) in [7, 11) is 8.19. The van der Waals surface area contributed by atoms with E-state index in [4.69, 9.17) is 4.74 Å². The molecule has 2 atom stereocenters. The van der Waals surface area contributed by atoms with Gasteiger partial charge < -0.3 is 19.9 Å². The smallest absolute Gasteiger partial charge is 0.193 e. The molecule has 0 saturated carbocycles. The lowest BCUT2D eigenvalue weighted by atomic mass is 10.1. The van der Waals surface area contributed by atoms with E-state index in [-0.39, 0.29) is 0 Å². The van der Waals surface area contributed by atoms with E-state index in [1.54, 1.807) is 11.3 Å². The summed E-state index contributed by atoms with van der Waals surface area (Å²) in [4.78, 5) is 10.2. The highest BCUT2D eigenvalue weighted by Crippen LogP contribution is 2.22. The lowest BCUT2D eigenvalue weighted by Gasteiger charge is -2.28. The first kappa shape index (κ1) is 17.2. The Morgan fingerprint density at radius 3 is 2.86 bits per heavy atom. The van der Waals surface area contributed by atoms with E-state index in [2.05, 4.69) is 58.8 Å². The maximum absolute atomic E-state index is 5.46. The molecule has 0 bridgehead atoms. The van der Waals surface area contributed by atoms with Gasteiger partial charge in [0.05, 0.1) is 12.6 Å². The summed E-state index contributed by atoms with van der Waals surface area (Å²) < 4.78 is 5.46. The molecule has 1 aromatic rings. The number of nitrogens with one attached hydrogen (secondary N) is 1. The fourth-order valence-corrected chi connectivity index (χ4v) is 3.71. The summed E-state index contributed by atoms with van der Waals surface area (Å²) in [5.74, 6) is 1.57. The van der Waals surface area contributed by atoms with Crippen molar-refractivity contribution >= 4 is 17.3 Å². The number of hydrogen-bond donors (Lipinski definition) is 1. The van der Waals surface area contributed by atoms with Crippen LogP contribution in [0.15, 0.2) is 22.5 Å². The number of likely N-dealkylation sites (N-methyl/N-ethyl adjacent to an activating group) is 1. The topological polar surface area (TPSA) is 40.1 Å². The van der Waals surface area contributed by atoms with E-state index in [1.165, 1.54) is 4.88 Å². The molecule has 0 amide bonds. The molecule has 1 N–H and O–H groups in total. The maximum atomic E-state index is 5.46. The second kappa shape index (κ2) is 8.50. The highest BCUT2D eigenvalue weighted by Gasteiger charge is 2.20. The predicted octanol–water partition coefficient (Wildman–Crippen LogP) is 1.89. The molecule has 0 aromatic carbocycles. The molecule has 0 radical (unpaired) electrons. The van der Waals surface area contributed by atoms with Gasteiger partial charge in [-0.15, -0.1) is 11.3 Å². The van der Waals surface area contributed by atoms with Crippen LogP contribution in [-0.4, -0.2) is 70.3 Å². The second-order valence-electron chi connectivity index (χ2n) is 6.03. The molecule has 1 aliphatic heterocycles. The zero-order valence-electron chi connectivity index (χ0n) is 14.1. The Morgan fingerprint density at radius 1 is 1.50 bits per heavy atom. The average molecular weight is 324 g/mol. The van der Waals surface area contributed by atoms with Crippen molar-refractivity contribution in [1.82, 2.24) is 15.1 Å². The third-order valence-electron chi connectivity index (χ3n) is 4.08. The van der Waals surface area contributed by atoms with Crippen LogP contribution in [-0.2, 0) is 4.74 Å². The number of thiophene rings is 1. The summed E-state index contributed by atoms with van der Waals surface area (Å²) in [5.41, 5.74) is 0. The van der Waals surface area contributed by atoms with Crippen LogP contribution in [0.5, 0.6) is 0 Å². The third kappa shape index (κ3) is 4.69. The fraction of sp³-hybridized carbons (Fsp3) is 0.688. The summed E-state index contributed by atoms with van der Waals surface area (Å²) in [6.07, 6.45) is 1.15. The number of aliphatic imine (C=N–C) groups is 1. The van der Waals surface area contributed by atoms with Crippen molar-refractivity contribution in [2.24, 2.45) is 10.9 Å². The van der Waals surface area contributed by atoms with Crippen molar-refractivity contribution in [2.45, 2.75) is 12.5 Å². The first-order chi connectivity index (χ1) is 10.6. The number of rotatable bonds is 6. The van der Waals surface area contributed by atoms with Crippen LogP contribution in [0.3, 0.4) is 0 Å². The van der Waals surface area contributed by atoms with Crippen LogP contribution < -0.4 is 5.32 Å². The van der Waals surface area contributed by atoms with Crippen LogP contribution in [0.25, 0.3) is 0 Å². The van der Waals surface area contributed by atoms with Gasteiger partial charge in [-0.3, -0.25) is 4.99 Å². The fourth-order valence-electron chi connectivity index (χ4n) is 2.79. The maximum Gasteiger partial charge on any atom is 0.193 e. The van der Waals surface area contributed by atoms with Crippen molar-refractivity contribution in [1.29, 1.82) is 0 Å². The van der Waals surface area contributed by atoms with Crippen molar-refractivity contribution < 1.29 is 4.74 Å². The molecule has 0 aliphatic carbocycles. The average Bonchev–Trinajstić information content (AvgIpc) is 3.16. The van der Waals surface area contributed by atoms with Gasteiger partial charge in [0.1, 0.15) is 0 Å². The van der Waals surface area contributed by atoms with Crippen LogP contribution >= 0.6 is 11.3 Å². The molecule has 6 heteroatoms. The standard InChI is InChI=1S/C16H28N4OS/c1-17-16(20(4)11-13-7-8-21-12-13)18-10-14(19(2)3)15-6-5-9-22-15/h5-6,9,13-14H,7-8,10-12H2,1-4H3,(H,17,18). The van der Waals surface area contributed by atoms with E-state index in [9.17, 15) is 0 Å². The number of ether oxygens (including phenoxy) is 1. The molecule has 2 heterocycles.